The summed E-state index contributed by atoms with van der Waals surface area (Å²) in [6.45, 7) is 3.91. The van der Waals surface area contributed by atoms with Crippen LogP contribution in [0.1, 0.15) is 18.2 Å². The Morgan fingerprint density at radius 3 is 2.46 bits per heavy atom. The lowest BCUT2D eigenvalue weighted by molar-refractivity contribution is -0.113. The zero-order valence-electron chi connectivity index (χ0n) is 15.2. The van der Waals surface area contributed by atoms with Gasteiger partial charge in [0.2, 0.25) is 5.13 Å². The van der Waals surface area contributed by atoms with E-state index in [-0.39, 0.29) is 5.91 Å². The molecule has 2 heterocycles. The van der Waals surface area contributed by atoms with E-state index < -0.39 is 0 Å². The van der Waals surface area contributed by atoms with Crippen molar-refractivity contribution in [1.29, 1.82) is 0 Å². The fraction of sp³-hybridized carbons (Fsp3) is 0.0952. The molecule has 1 aromatic heterocycles. The predicted octanol–water partition coefficient (Wildman–Crippen LogP) is 6.41. The molecule has 3 aromatic rings. The summed E-state index contributed by atoms with van der Waals surface area (Å²) in [5.74, 6) is -0.0661. The summed E-state index contributed by atoms with van der Waals surface area (Å²) in [4.78, 5) is 24.8. The van der Waals surface area contributed by atoms with Crippen molar-refractivity contribution in [3.8, 4) is 0 Å². The maximum absolute atomic E-state index is 13.3. The Balaban J connectivity index is 1.81. The number of para-hydroxylation sites is 1. The third-order valence-corrected chi connectivity index (χ3v) is 6.73. The normalized spacial score (nSPS) is 17.5. The minimum atomic E-state index is -0.0661. The molecule has 4 nitrogen and oxygen atoms in total. The second-order valence-electron chi connectivity index (χ2n) is 6.21. The lowest BCUT2D eigenvalue weighted by atomic mass is 10.1. The zero-order valence-corrected chi connectivity index (χ0v) is 18.4. The molecule has 0 N–H and O–H groups in total. The van der Waals surface area contributed by atoms with Crippen molar-refractivity contribution in [3.05, 3.63) is 80.6 Å². The van der Waals surface area contributed by atoms with Gasteiger partial charge >= 0.3 is 0 Å². The third kappa shape index (κ3) is 3.83. The number of benzene rings is 2. The van der Waals surface area contributed by atoms with Gasteiger partial charge in [0.05, 0.1) is 16.3 Å². The summed E-state index contributed by atoms with van der Waals surface area (Å²) in [6, 6.07) is 17.6. The highest BCUT2D eigenvalue weighted by molar-refractivity contribution is 9.10. The van der Waals surface area contributed by atoms with E-state index in [1.165, 1.54) is 23.1 Å². The summed E-state index contributed by atoms with van der Waals surface area (Å²) in [5.41, 5.74) is 3.67. The Bertz CT molecular complexity index is 1090. The first-order valence-electron chi connectivity index (χ1n) is 8.58. The van der Waals surface area contributed by atoms with Crippen LogP contribution in [0.5, 0.6) is 0 Å². The van der Waals surface area contributed by atoms with Crippen LogP contribution in [0.4, 0.5) is 10.8 Å². The van der Waals surface area contributed by atoms with Gasteiger partial charge in [-0.15, -0.1) is 11.3 Å². The first-order valence-corrected chi connectivity index (χ1v) is 11.1. The number of rotatable bonds is 3. The Kier molecular flexibility index (Phi) is 5.48. The number of aryl methyl sites for hydroxylation is 1. The van der Waals surface area contributed by atoms with Crippen molar-refractivity contribution in [2.24, 2.45) is 4.99 Å². The number of anilines is 1. The van der Waals surface area contributed by atoms with E-state index in [4.69, 9.17) is 0 Å². The summed E-state index contributed by atoms with van der Waals surface area (Å²) < 4.78 is 1.01. The molecule has 0 aliphatic carbocycles. The van der Waals surface area contributed by atoms with Crippen LogP contribution in [0, 0.1) is 6.92 Å². The summed E-state index contributed by atoms with van der Waals surface area (Å²) >= 11 is 6.32. The van der Waals surface area contributed by atoms with Crippen LogP contribution in [0.3, 0.4) is 0 Å². The Morgan fingerprint density at radius 2 is 1.82 bits per heavy atom. The highest BCUT2D eigenvalue weighted by atomic mass is 79.9. The van der Waals surface area contributed by atoms with E-state index >= 15 is 0 Å². The molecular formula is C21H16BrN3OS2. The highest BCUT2D eigenvalue weighted by Gasteiger charge is 2.36. The maximum Gasteiger partial charge on any atom is 0.271 e. The molecule has 0 radical (unpaired) electrons. The van der Waals surface area contributed by atoms with E-state index in [2.05, 4.69) is 25.9 Å². The Hall–Kier alpha value is -2.22. The topological polar surface area (TPSA) is 45.6 Å². The number of allylic oxidation sites excluding steroid dienone is 1. The number of carbonyl (C=O) groups excluding carboxylic acids is 1. The van der Waals surface area contributed by atoms with E-state index in [0.29, 0.717) is 15.2 Å². The Labute approximate surface area is 180 Å². The average Bonchev–Trinajstić information content (AvgIpc) is 3.25. The molecular weight excluding hydrogens is 454 g/mol. The van der Waals surface area contributed by atoms with Crippen molar-refractivity contribution in [3.63, 3.8) is 0 Å². The zero-order chi connectivity index (χ0) is 19.7. The molecule has 7 heteroatoms. The predicted molar refractivity (Wildman–Crippen MR) is 122 cm³/mol. The number of amides is 1. The molecule has 2 aromatic carbocycles. The van der Waals surface area contributed by atoms with Crippen molar-refractivity contribution < 1.29 is 4.79 Å². The summed E-state index contributed by atoms with van der Waals surface area (Å²) in [5, 5.41) is 3.23. The number of hydrogen-bond acceptors (Lipinski definition) is 5. The van der Waals surface area contributed by atoms with Crippen LogP contribution in [-0.2, 0) is 4.79 Å². The lowest BCUT2D eigenvalue weighted by Gasteiger charge is -2.15. The van der Waals surface area contributed by atoms with Crippen LogP contribution in [0.2, 0.25) is 0 Å². The molecule has 140 valence electrons. The molecule has 1 aliphatic rings. The number of aromatic nitrogens is 1. The molecule has 4 rings (SSSR count). The van der Waals surface area contributed by atoms with Crippen LogP contribution in [0.25, 0.3) is 5.57 Å². The van der Waals surface area contributed by atoms with Gasteiger partial charge in [0.1, 0.15) is 0 Å². The fourth-order valence-corrected chi connectivity index (χ4v) is 4.82. The van der Waals surface area contributed by atoms with Gasteiger partial charge in [0.25, 0.3) is 5.91 Å². The number of amidine groups is 1. The van der Waals surface area contributed by atoms with Gasteiger partial charge in [-0.3, -0.25) is 9.69 Å². The molecule has 1 fully saturated rings. The maximum atomic E-state index is 13.3. The van der Waals surface area contributed by atoms with Gasteiger partial charge in [0, 0.05) is 9.85 Å². The van der Waals surface area contributed by atoms with Crippen molar-refractivity contribution in [1.82, 2.24) is 4.98 Å². The Morgan fingerprint density at radius 1 is 1.11 bits per heavy atom. The SMILES string of the molecule is C/C(=C1/S/C(=N/c2nc(C)cs2)N(c2ccccc2)C1=O)c1ccc(Br)cc1. The van der Waals surface area contributed by atoms with Gasteiger partial charge in [-0.2, -0.15) is 4.99 Å². The second kappa shape index (κ2) is 8.03. The van der Waals surface area contributed by atoms with E-state index in [1.807, 2.05) is 73.8 Å². The molecule has 0 saturated carbocycles. The van der Waals surface area contributed by atoms with E-state index in [9.17, 15) is 4.79 Å². The van der Waals surface area contributed by atoms with Crippen molar-refractivity contribution >= 4 is 66.5 Å². The summed E-state index contributed by atoms with van der Waals surface area (Å²) in [7, 11) is 0. The van der Waals surface area contributed by atoms with Crippen LogP contribution < -0.4 is 4.90 Å². The van der Waals surface area contributed by atoms with E-state index in [1.54, 1.807) is 4.90 Å². The first-order chi connectivity index (χ1) is 13.5. The molecule has 1 aliphatic heterocycles. The second-order valence-corrected chi connectivity index (χ2v) is 8.93. The average molecular weight is 470 g/mol. The van der Waals surface area contributed by atoms with Crippen LogP contribution in [-0.4, -0.2) is 16.1 Å². The molecule has 0 spiro atoms. The molecule has 28 heavy (non-hydrogen) atoms. The van der Waals surface area contributed by atoms with Gasteiger partial charge in [-0.25, -0.2) is 4.98 Å². The van der Waals surface area contributed by atoms with Crippen molar-refractivity contribution in [2.75, 3.05) is 4.90 Å². The van der Waals surface area contributed by atoms with E-state index in [0.717, 1.165) is 27.0 Å². The largest absolute Gasteiger partial charge is 0.271 e. The number of halogens is 1. The quantitative estimate of drug-likeness (QED) is 0.416. The molecule has 0 bridgehead atoms. The van der Waals surface area contributed by atoms with Crippen molar-refractivity contribution in [2.45, 2.75) is 13.8 Å². The first kappa shape index (κ1) is 19.1. The van der Waals surface area contributed by atoms with Gasteiger partial charge < -0.3 is 0 Å². The highest BCUT2D eigenvalue weighted by Crippen LogP contribution is 2.40. The minimum Gasteiger partial charge on any atom is -0.268 e. The van der Waals surface area contributed by atoms with Gasteiger partial charge in [-0.05, 0) is 61.0 Å². The van der Waals surface area contributed by atoms with Gasteiger partial charge in [0.15, 0.2) is 5.17 Å². The monoisotopic (exact) mass is 469 g/mol. The number of thioether (sulfide) groups is 1. The van der Waals surface area contributed by atoms with Gasteiger partial charge in [-0.1, -0.05) is 46.3 Å². The smallest absolute Gasteiger partial charge is 0.268 e. The fourth-order valence-electron chi connectivity index (χ4n) is 2.79. The number of aliphatic imine (C=N–C) groups is 1. The summed E-state index contributed by atoms with van der Waals surface area (Å²) in [6.07, 6.45) is 0. The number of carbonyl (C=O) groups is 1. The molecule has 0 unspecified atom stereocenters. The number of thiazole rings is 1. The lowest BCUT2D eigenvalue weighted by Crippen LogP contribution is -2.28. The number of hydrogen-bond donors (Lipinski definition) is 0. The molecule has 1 amide bonds. The molecule has 1 saturated heterocycles. The molecule has 0 atom stereocenters. The minimum absolute atomic E-state index is 0.0661. The van der Waals surface area contributed by atoms with Crippen LogP contribution >= 0.6 is 39.0 Å². The third-order valence-electron chi connectivity index (χ3n) is 4.21. The number of nitrogens with zero attached hydrogens (tertiary/aromatic N) is 3. The standard InChI is InChI=1S/C21H16BrN3OS2/c1-13-12-27-20(23-13)24-21-25(17-6-4-3-5-7-17)19(26)18(28-21)14(2)15-8-10-16(22)11-9-15/h3-12H,1-2H3/b18-14-,24-21+. The van der Waals surface area contributed by atoms with Crippen LogP contribution in [0.15, 0.2) is 74.3 Å².